The van der Waals surface area contributed by atoms with Gasteiger partial charge in [-0.05, 0) is 68.8 Å². The standard InChI is InChI=1S/C22H28INO3/c1-13(26)18-11-19(23)22(24-12-25)17-5-4-14-10-15(27)6-8-20(14,2)16(17)7-9-21(18,22)3/h10,16-19H,4-9,11H2,1-3H3/t16-,17+,18+,19-,20-,21+,22+/m0/s1. The number of carbonyl (C=O) groups is 2. The lowest BCUT2D eigenvalue weighted by Crippen LogP contribution is -2.62. The van der Waals surface area contributed by atoms with E-state index in [1.54, 1.807) is 6.92 Å². The first-order valence-electron chi connectivity index (χ1n) is 10.2. The highest BCUT2D eigenvalue weighted by Crippen LogP contribution is 2.70. The SMILES string of the molecule is CC(=O)[C@H]1C[C@H](I)[C@]2(N=C=O)[C@@H]3CCC4=CC(=O)CC[C@]4(C)[C@H]3CC[C@]12C. The number of rotatable bonds is 2. The molecule has 0 N–H and O–H groups in total. The van der Waals surface area contributed by atoms with E-state index in [1.165, 1.54) is 5.57 Å². The van der Waals surface area contributed by atoms with Gasteiger partial charge < -0.3 is 0 Å². The van der Waals surface area contributed by atoms with Gasteiger partial charge in [-0.25, -0.2) is 4.79 Å². The summed E-state index contributed by atoms with van der Waals surface area (Å²) in [6.45, 7) is 6.22. The van der Waals surface area contributed by atoms with Crippen molar-refractivity contribution < 1.29 is 14.4 Å². The van der Waals surface area contributed by atoms with Crippen LogP contribution >= 0.6 is 22.6 Å². The third-order valence-corrected chi connectivity index (χ3v) is 10.3. The fourth-order valence-corrected chi connectivity index (χ4v) is 9.32. The molecular formula is C22H28INO3. The predicted molar refractivity (Wildman–Crippen MR) is 111 cm³/mol. The molecule has 4 rings (SSSR count). The van der Waals surface area contributed by atoms with Crippen molar-refractivity contribution in [3.63, 3.8) is 0 Å². The molecule has 0 unspecified atom stereocenters. The van der Waals surface area contributed by atoms with E-state index in [9.17, 15) is 14.4 Å². The largest absolute Gasteiger partial charge is 0.300 e. The number of carbonyl (C=O) groups excluding carboxylic acids is 3. The van der Waals surface area contributed by atoms with E-state index in [1.807, 2.05) is 12.2 Å². The molecule has 0 aromatic heterocycles. The van der Waals surface area contributed by atoms with Crippen molar-refractivity contribution in [1.29, 1.82) is 0 Å². The van der Waals surface area contributed by atoms with Gasteiger partial charge in [0.1, 0.15) is 5.78 Å². The monoisotopic (exact) mass is 481 g/mol. The van der Waals surface area contributed by atoms with Crippen LogP contribution in [0.5, 0.6) is 0 Å². The molecule has 0 bridgehead atoms. The number of ketones is 2. The number of alkyl halides is 1. The molecule has 3 fully saturated rings. The van der Waals surface area contributed by atoms with Gasteiger partial charge in [-0.1, -0.05) is 42.0 Å². The molecule has 0 aliphatic heterocycles. The number of fused-ring (bicyclic) bond motifs is 5. The summed E-state index contributed by atoms with van der Waals surface area (Å²) in [7, 11) is 0. The maximum atomic E-state index is 12.5. The van der Waals surface area contributed by atoms with Gasteiger partial charge in [-0.2, -0.15) is 4.99 Å². The second-order valence-corrected chi connectivity index (χ2v) is 11.2. The van der Waals surface area contributed by atoms with Gasteiger partial charge in [-0.3, -0.25) is 9.59 Å². The number of hydrogen-bond acceptors (Lipinski definition) is 4. The normalized spacial score (nSPS) is 48.6. The highest BCUT2D eigenvalue weighted by Gasteiger charge is 2.71. The summed E-state index contributed by atoms with van der Waals surface area (Å²) < 4.78 is 0.169. The summed E-state index contributed by atoms with van der Waals surface area (Å²) in [6.07, 6.45) is 9.97. The predicted octanol–water partition coefficient (Wildman–Crippen LogP) is 4.60. The van der Waals surface area contributed by atoms with Crippen molar-refractivity contribution in [1.82, 2.24) is 0 Å². The van der Waals surface area contributed by atoms with Crippen LogP contribution < -0.4 is 0 Å². The van der Waals surface area contributed by atoms with E-state index in [0.717, 1.165) is 38.5 Å². The third kappa shape index (κ3) is 2.40. The zero-order valence-electron chi connectivity index (χ0n) is 16.4. The Bertz CT molecular complexity index is 784. The Morgan fingerprint density at radius 1 is 1.22 bits per heavy atom. The first-order chi connectivity index (χ1) is 12.7. The smallest absolute Gasteiger partial charge is 0.235 e. The molecule has 4 aliphatic carbocycles. The molecule has 4 nitrogen and oxygen atoms in total. The zero-order valence-corrected chi connectivity index (χ0v) is 18.5. The number of aliphatic imine (C=N–C) groups is 1. The molecule has 0 amide bonds. The fraction of sp³-hybridized carbons (Fsp3) is 0.773. The first-order valence-corrected chi connectivity index (χ1v) is 11.4. The van der Waals surface area contributed by atoms with Crippen LogP contribution in [0.25, 0.3) is 0 Å². The lowest BCUT2D eigenvalue weighted by atomic mass is 9.44. The number of isocyanates is 1. The Kier molecular flexibility index (Phi) is 4.59. The molecule has 0 heterocycles. The fourth-order valence-electron chi connectivity index (χ4n) is 7.50. The molecular weight excluding hydrogens is 453 g/mol. The summed E-state index contributed by atoms with van der Waals surface area (Å²) in [5, 5.41) is 0. The molecule has 5 heteroatoms. The van der Waals surface area contributed by atoms with Gasteiger partial charge in [0.2, 0.25) is 6.08 Å². The van der Waals surface area contributed by atoms with E-state index in [2.05, 4.69) is 41.4 Å². The van der Waals surface area contributed by atoms with Crippen molar-refractivity contribution >= 4 is 40.2 Å². The Balaban J connectivity index is 1.85. The van der Waals surface area contributed by atoms with E-state index in [0.29, 0.717) is 12.3 Å². The number of allylic oxidation sites excluding steroid dienone is 1. The Morgan fingerprint density at radius 2 is 1.96 bits per heavy atom. The molecule has 4 aliphatic rings. The minimum absolute atomic E-state index is 0.0221. The lowest BCUT2D eigenvalue weighted by molar-refractivity contribution is -0.130. The van der Waals surface area contributed by atoms with Crippen LogP contribution in [0.15, 0.2) is 16.6 Å². The Labute approximate surface area is 174 Å². The average molecular weight is 481 g/mol. The molecule has 146 valence electrons. The van der Waals surface area contributed by atoms with Crippen LogP contribution in [0, 0.1) is 28.6 Å². The van der Waals surface area contributed by atoms with E-state index in [-0.39, 0.29) is 38.2 Å². The molecule has 0 saturated heterocycles. The summed E-state index contributed by atoms with van der Waals surface area (Å²) in [5.74, 6) is 1.14. The minimum atomic E-state index is -0.509. The van der Waals surface area contributed by atoms with Gasteiger partial charge in [0.15, 0.2) is 5.78 Å². The Hall–Kier alpha value is -0.810. The maximum Gasteiger partial charge on any atom is 0.235 e. The minimum Gasteiger partial charge on any atom is -0.300 e. The molecule has 27 heavy (non-hydrogen) atoms. The van der Waals surface area contributed by atoms with Crippen LogP contribution in [-0.2, 0) is 14.4 Å². The third-order valence-electron chi connectivity index (χ3n) is 8.85. The van der Waals surface area contributed by atoms with Crippen LogP contribution in [0.1, 0.15) is 65.7 Å². The maximum absolute atomic E-state index is 12.5. The molecule has 0 radical (unpaired) electrons. The summed E-state index contributed by atoms with van der Waals surface area (Å²) in [4.78, 5) is 40.7. The van der Waals surface area contributed by atoms with Crippen molar-refractivity contribution in [3.05, 3.63) is 11.6 Å². The molecule has 0 spiro atoms. The number of Topliss-reactive ketones (excluding diaryl/α,β-unsaturated/α-hetero) is 1. The average Bonchev–Trinajstić information content (AvgIpc) is 2.84. The first kappa shape index (κ1) is 19.5. The second kappa shape index (κ2) is 6.35. The molecule has 0 aromatic carbocycles. The highest BCUT2D eigenvalue weighted by atomic mass is 127. The van der Waals surface area contributed by atoms with E-state index in [4.69, 9.17) is 0 Å². The van der Waals surface area contributed by atoms with Crippen molar-refractivity contribution in [2.75, 3.05) is 0 Å². The van der Waals surface area contributed by atoms with Crippen LogP contribution in [0.2, 0.25) is 0 Å². The van der Waals surface area contributed by atoms with Crippen LogP contribution in [-0.4, -0.2) is 27.1 Å². The number of hydrogen-bond donors (Lipinski definition) is 0. The quantitative estimate of drug-likeness (QED) is 0.251. The van der Waals surface area contributed by atoms with Gasteiger partial charge >= 0.3 is 0 Å². The summed E-state index contributed by atoms with van der Waals surface area (Å²) >= 11 is 2.45. The van der Waals surface area contributed by atoms with Crippen molar-refractivity contribution in [3.8, 4) is 0 Å². The second-order valence-electron chi connectivity index (χ2n) is 9.66. The number of halogens is 1. The van der Waals surface area contributed by atoms with Gasteiger partial charge in [0, 0.05) is 21.7 Å². The topological polar surface area (TPSA) is 63.6 Å². The molecule has 7 atom stereocenters. The highest BCUT2D eigenvalue weighted by molar-refractivity contribution is 14.1. The zero-order chi connectivity index (χ0) is 19.6. The molecule has 0 aromatic rings. The van der Waals surface area contributed by atoms with Crippen molar-refractivity contribution in [2.45, 2.75) is 75.2 Å². The number of nitrogens with zero attached hydrogens (tertiary/aromatic N) is 1. The summed E-state index contributed by atoms with van der Waals surface area (Å²) in [5.41, 5.74) is 0.546. The van der Waals surface area contributed by atoms with Gasteiger partial charge in [0.05, 0.1) is 5.54 Å². The van der Waals surface area contributed by atoms with Gasteiger partial charge in [-0.15, -0.1) is 0 Å². The summed E-state index contributed by atoms with van der Waals surface area (Å²) in [6, 6.07) is 0. The van der Waals surface area contributed by atoms with Crippen LogP contribution in [0.4, 0.5) is 0 Å². The molecule has 3 saturated carbocycles. The lowest BCUT2D eigenvalue weighted by Gasteiger charge is -2.62. The Morgan fingerprint density at radius 3 is 2.63 bits per heavy atom. The van der Waals surface area contributed by atoms with E-state index < -0.39 is 5.54 Å². The van der Waals surface area contributed by atoms with Crippen LogP contribution in [0.3, 0.4) is 0 Å². The van der Waals surface area contributed by atoms with Gasteiger partial charge in [0.25, 0.3) is 0 Å². The van der Waals surface area contributed by atoms with E-state index >= 15 is 0 Å². The van der Waals surface area contributed by atoms with Crippen molar-refractivity contribution in [2.24, 2.45) is 33.6 Å².